The molecule has 136 valence electrons. The molecule has 0 aromatic heterocycles. The van der Waals surface area contributed by atoms with Crippen molar-refractivity contribution < 1.29 is 20.1 Å². The van der Waals surface area contributed by atoms with Crippen molar-refractivity contribution in [1.29, 1.82) is 0 Å². The third-order valence-corrected chi connectivity index (χ3v) is 5.33. The topological polar surface area (TPSA) is 72.9 Å². The molecular formula is C18H35NO4. The first-order valence-electron chi connectivity index (χ1n) is 9.55. The van der Waals surface area contributed by atoms with Crippen molar-refractivity contribution in [2.24, 2.45) is 0 Å². The second-order valence-corrected chi connectivity index (χ2v) is 7.15. The van der Waals surface area contributed by atoms with E-state index in [0.29, 0.717) is 6.61 Å². The van der Waals surface area contributed by atoms with E-state index in [4.69, 9.17) is 4.74 Å². The van der Waals surface area contributed by atoms with Crippen LogP contribution in [0.2, 0.25) is 0 Å². The summed E-state index contributed by atoms with van der Waals surface area (Å²) in [6.07, 6.45) is 5.93. The van der Waals surface area contributed by atoms with Crippen LogP contribution < -0.4 is 0 Å². The number of unbranched alkanes of at least 4 members (excludes halogenated alkanes) is 6. The number of aliphatic hydroxyl groups is 3. The molecule has 2 aliphatic rings. The number of likely N-dealkylation sites (tertiary alicyclic amines) is 1. The molecule has 1 aliphatic heterocycles. The molecule has 5 heteroatoms. The van der Waals surface area contributed by atoms with Crippen molar-refractivity contribution >= 4 is 0 Å². The largest absolute Gasteiger partial charge is 0.389 e. The Hall–Kier alpha value is -0.200. The third-order valence-electron chi connectivity index (χ3n) is 5.33. The number of fused-ring (bicyclic) bond motifs is 1. The summed E-state index contributed by atoms with van der Waals surface area (Å²) in [7, 11) is 0. The molecule has 5 nitrogen and oxygen atoms in total. The predicted octanol–water partition coefficient (Wildman–Crippen LogP) is 1.68. The summed E-state index contributed by atoms with van der Waals surface area (Å²) in [6.45, 7) is 5.91. The number of aliphatic hydroxyl groups excluding tert-OH is 3. The molecule has 0 radical (unpaired) electrons. The summed E-state index contributed by atoms with van der Waals surface area (Å²) in [4.78, 5) is 2.20. The minimum absolute atomic E-state index is 0.0457. The monoisotopic (exact) mass is 329 g/mol. The van der Waals surface area contributed by atoms with Crippen LogP contribution in [-0.2, 0) is 4.74 Å². The number of hydrogen-bond donors (Lipinski definition) is 3. The first kappa shape index (κ1) is 19.1. The minimum atomic E-state index is -1.10. The van der Waals surface area contributed by atoms with Crippen LogP contribution >= 0.6 is 0 Å². The van der Waals surface area contributed by atoms with Gasteiger partial charge in [-0.2, -0.15) is 0 Å². The van der Waals surface area contributed by atoms with Crippen molar-refractivity contribution in [1.82, 2.24) is 4.90 Å². The Labute approximate surface area is 140 Å². The molecule has 0 aromatic carbocycles. The van der Waals surface area contributed by atoms with E-state index in [-0.39, 0.29) is 18.2 Å². The second kappa shape index (κ2) is 9.33. The van der Waals surface area contributed by atoms with Gasteiger partial charge in [0.2, 0.25) is 0 Å². The zero-order valence-electron chi connectivity index (χ0n) is 14.7. The SMILES string of the molecule is CCCCCCO[C@@H]1C2C([C@@H](O)[C@H](O)[C@H]1O)[N@@]2CCCCCC. The van der Waals surface area contributed by atoms with Gasteiger partial charge in [0.1, 0.15) is 18.3 Å². The van der Waals surface area contributed by atoms with Gasteiger partial charge in [-0.3, -0.25) is 4.90 Å². The van der Waals surface area contributed by atoms with Gasteiger partial charge in [0.05, 0.1) is 18.2 Å². The molecule has 7 atom stereocenters. The molecule has 2 fully saturated rings. The first-order valence-corrected chi connectivity index (χ1v) is 9.55. The van der Waals surface area contributed by atoms with Crippen molar-refractivity contribution in [3.63, 3.8) is 0 Å². The van der Waals surface area contributed by atoms with Crippen LogP contribution in [-0.4, -0.2) is 69.9 Å². The molecule has 23 heavy (non-hydrogen) atoms. The molecular weight excluding hydrogens is 294 g/mol. The summed E-state index contributed by atoms with van der Waals surface area (Å²) < 4.78 is 5.91. The van der Waals surface area contributed by atoms with Gasteiger partial charge in [0, 0.05) is 6.61 Å². The number of rotatable bonds is 11. The lowest BCUT2D eigenvalue weighted by Gasteiger charge is -2.33. The van der Waals surface area contributed by atoms with Gasteiger partial charge in [-0.15, -0.1) is 0 Å². The molecule has 0 bridgehead atoms. The van der Waals surface area contributed by atoms with Crippen LogP contribution in [0.15, 0.2) is 0 Å². The van der Waals surface area contributed by atoms with Crippen LogP contribution in [0, 0.1) is 0 Å². The zero-order chi connectivity index (χ0) is 16.8. The molecule has 1 saturated carbocycles. The molecule has 1 heterocycles. The Balaban J connectivity index is 1.82. The molecule has 2 unspecified atom stereocenters. The minimum Gasteiger partial charge on any atom is -0.389 e. The maximum atomic E-state index is 10.3. The fourth-order valence-electron chi connectivity index (χ4n) is 3.86. The van der Waals surface area contributed by atoms with Crippen LogP contribution in [0.5, 0.6) is 0 Å². The Morgan fingerprint density at radius 2 is 1.39 bits per heavy atom. The maximum Gasteiger partial charge on any atom is 0.110 e. The van der Waals surface area contributed by atoms with Crippen molar-refractivity contribution in [2.45, 2.75) is 102 Å². The van der Waals surface area contributed by atoms with E-state index in [1.54, 1.807) is 0 Å². The van der Waals surface area contributed by atoms with Crippen LogP contribution in [0.25, 0.3) is 0 Å². The fourth-order valence-corrected chi connectivity index (χ4v) is 3.86. The van der Waals surface area contributed by atoms with Crippen LogP contribution in [0.4, 0.5) is 0 Å². The molecule has 0 amide bonds. The van der Waals surface area contributed by atoms with Crippen molar-refractivity contribution in [3.8, 4) is 0 Å². The Kier molecular flexibility index (Phi) is 7.76. The van der Waals surface area contributed by atoms with E-state index < -0.39 is 18.3 Å². The summed E-state index contributed by atoms with van der Waals surface area (Å²) in [5, 5.41) is 30.5. The summed E-state index contributed by atoms with van der Waals surface area (Å²) in [5.41, 5.74) is 0. The average molecular weight is 329 g/mol. The molecule has 2 rings (SSSR count). The van der Waals surface area contributed by atoms with Gasteiger partial charge in [-0.1, -0.05) is 52.4 Å². The average Bonchev–Trinajstić information content (AvgIpc) is 3.26. The summed E-state index contributed by atoms with van der Waals surface area (Å²) >= 11 is 0. The standard InChI is InChI=1S/C18H35NO4/c1-3-5-7-9-11-19-13-14(19)18(17(22)16(21)15(13)20)23-12-10-8-6-4-2/h13-18,20-22H,3-12H2,1-2H3/t13?,14?,15-,16+,17-,18-,19-/m1/s1. The highest BCUT2D eigenvalue weighted by atomic mass is 16.5. The van der Waals surface area contributed by atoms with E-state index in [0.717, 1.165) is 25.8 Å². The van der Waals surface area contributed by atoms with E-state index in [2.05, 4.69) is 18.7 Å². The Morgan fingerprint density at radius 3 is 2.04 bits per heavy atom. The smallest absolute Gasteiger partial charge is 0.110 e. The van der Waals surface area contributed by atoms with Gasteiger partial charge < -0.3 is 20.1 Å². The quantitative estimate of drug-likeness (QED) is 0.397. The highest BCUT2D eigenvalue weighted by Gasteiger charge is 2.64. The van der Waals surface area contributed by atoms with E-state index in [9.17, 15) is 15.3 Å². The lowest BCUT2D eigenvalue weighted by molar-refractivity contribution is -0.140. The highest BCUT2D eigenvalue weighted by molar-refractivity contribution is 5.18. The van der Waals surface area contributed by atoms with Gasteiger partial charge in [-0.25, -0.2) is 0 Å². The van der Waals surface area contributed by atoms with E-state index >= 15 is 0 Å². The molecule has 0 spiro atoms. The van der Waals surface area contributed by atoms with Gasteiger partial charge in [0.15, 0.2) is 0 Å². The lowest BCUT2D eigenvalue weighted by Crippen LogP contribution is -2.54. The molecule has 3 N–H and O–H groups in total. The fraction of sp³-hybridized carbons (Fsp3) is 1.00. The van der Waals surface area contributed by atoms with Gasteiger partial charge in [-0.05, 0) is 19.4 Å². The van der Waals surface area contributed by atoms with E-state index in [1.165, 1.54) is 32.1 Å². The maximum absolute atomic E-state index is 10.3. The van der Waals surface area contributed by atoms with Crippen LogP contribution in [0.3, 0.4) is 0 Å². The lowest BCUT2D eigenvalue weighted by atomic mass is 9.89. The van der Waals surface area contributed by atoms with Gasteiger partial charge >= 0.3 is 0 Å². The van der Waals surface area contributed by atoms with E-state index in [1.807, 2.05) is 0 Å². The summed E-state index contributed by atoms with van der Waals surface area (Å²) in [6, 6.07) is 0.0203. The summed E-state index contributed by atoms with van der Waals surface area (Å²) in [5.74, 6) is 0. The molecule has 1 saturated heterocycles. The Morgan fingerprint density at radius 1 is 0.739 bits per heavy atom. The number of hydrogen-bond acceptors (Lipinski definition) is 5. The number of nitrogens with zero attached hydrogens (tertiary/aromatic N) is 1. The second-order valence-electron chi connectivity index (χ2n) is 7.15. The highest BCUT2D eigenvalue weighted by Crippen LogP contribution is 2.42. The number of ether oxygens (including phenoxy) is 1. The third kappa shape index (κ3) is 4.67. The first-order chi connectivity index (χ1) is 11.1. The molecule has 1 aliphatic carbocycles. The van der Waals surface area contributed by atoms with Crippen molar-refractivity contribution in [2.75, 3.05) is 13.2 Å². The predicted molar refractivity (Wildman–Crippen MR) is 90.3 cm³/mol. The van der Waals surface area contributed by atoms with Crippen molar-refractivity contribution in [3.05, 3.63) is 0 Å². The zero-order valence-corrected chi connectivity index (χ0v) is 14.7. The van der Waals surface area contributed by atoms with Crippen LogP contribution in [0.1, 0.15) is 65.2 Å². The Bertz CT molecular complexity index is 341. The molecule has 0 aromatic rings. The normalized spacial score (nSPS) is 39.3. The van der Waals surface area contributed by atoms with Gasteiger partial charge in [0.25, 0.3) is 0 Å².